The molecular formula is C21H22N2O4S. The van der Waals surface area contributed by atoms with E-state index in [4.69, 9.17) is 4.42 Å². The summed E-state index contributed by atoms with van der Waals surface area (Å²) in [6, 6.07) is 16.3. The Balaban J connectivity index is 1.75. The summed E-state index contributed by atoms with van der Waals surface area (Å²) in [5.41, 5.74) is 1.92. The van der Waals surface area contributed by atoms with Crippen molar-refractivity contribution in [2.24, 2.45) is 0 Å². The number of nitrogens with zero attached hydrogens (tertiary/aromatic N) is 1. The molecule has 146 valence electrons. The number of carbonyl (C=O) groups excluding carboxylic acids is 1. The van der Waals surface area contributed by atoms with Gasteiger partial charge in [-0.1, -0.05) is 17.7 Å². The highest BCUT2D eigenvalue weighted by Gasteiger charge is 2.21. The van der Waals surface area contributed by atoms with Crippen LogP contribution in [0.3, 0.4) is 0 Å². The summed E-state index contributed by atoms with van der Waals surface area (Å²) in [5.74, 6) is 0.455. The molecule has 0 aliphatic rings. The molecule has 0 aliphatic heterocycles. The molecule has 3 rings (SSSR count). The molecule has 6 nitrogen and oxygen atoms in total. The zero-order chi connectivity index (χ0) is 20.3. The first-order valence-corrected chi connectivity index (χ1v) is 10.3. The molecule has 1 amide bonds. The smallest absolute Gasteiger partial charge is 0.261 e. The van der Waals surface area contributed by atoms with E-state index >= 15 is 0 Å². The Morgan fingerprint density at radius 2 is 1.68 bits per heavy atom. The highest BCUT2D eigenvalue weighted by atomic mass is 32.2. The fourth-order valence-corrected chi connectivity index (χ4v) is 3.77. The van der Waals surface area contributed by atoms with Crippen LogP contribution in [0, 0.1) is 6.92 Å². The Labute approximate surface area is 164 Å². The Morgan fingerprint density at radius 3 is 2.25 bits per heavy atom. The lowest BCUT2D eigenvalue weighted by Gasteiger charge is -2.23. The first kappa shape index (κ1) is 19.7. The van der Waals surface area contributed by atoms with Gasteiger partial charge in [0.1, 0.15) is 5.76 Å². The molecule has 1 aromatic heterocycles. The van der Waals surface area contributed by atoms with Gasteiger partial charge in [0.2, 0.25) is 0 Å². The highest BCUT2D eigenvalue weighted by molar-refractivity contribution is 7.92. The van der Waals surface area contributed by atoms with E-state index in [1.807, 2.05) is 26.0 Å². The van der Waals surface area contributed by atoms with Gasteiger partial charge in [-0.25, -0.2) is 8.42 Å². The number of anilines is 1. The van der Waals surface area contributed by atoms with E-state index in [0.29, 0.717) is 17.0 Å². The maximum atomic E-state index is 12.7. The van der Waals surface area contributed by atoms with Crippen molar-refractivity contribution in [1.29, 1.82) is 0 Å². The molecule has 0 spiro atoms. The number of carbonyl (C=O) groups is 1. The molecule has 0 bridgehead atoms. The monoisotopic (exact) mass is 398 g/mol. The van der Waals surface area contributed by atoms with Gasteiger partial charge in [-0.2, -0.15) is 0 Å². The van der Waals surface area contributed by atoms with Gasteiger partial charge in [0.05, 0.1) is 17.2 Å². The van der Waals surface area contributed by atoms with Crippen molar-refractivity contribution >= 4 is 21.6 Å². The van der Waals surface area contributed by atoms with Crippen molar-refractivity contribution in [3.63, 3.8) is 0 Å². The minimum Gasteiger partial charge on any atom is -0.467 e. The van der Waals surface area contributed by atoms with Gasteiger partial charge in [-0.15, -0.1) is 0 Å². The second-order valence-electron chi connectivity index (χ2n) is 6.60. The van der Waals surface area contributed by atoms with E-state index in [1.54, 1.807) is 42.5 Å². The van der Waals surface area contributed by atoms with Gasteiger partial charge in [0, 0.05) is 18.3 Å². The third-order valence-corrected chi connectivity index (χ3v) is 5.97. The number of benzene rings is 2. The standard InChI is InChI=1S/C21H22N2O4S/c1-15-6-10-18(11-7-15)22-28(25,26)19-12-8-17(9-13-19)21(24)23(3)16(2)20-5-4-14-27-20/h4-14,16,22H,1-3H3. The van der Waals surface area contributed by atoms with Crippen LogP contribution in [0.15, 0.2) is 76.2 Å². The van der Waals surface area contributed by atoms with E-state index in [9.17, 15) is 13.2 Å². The second-order valence-corrected chi connectivity index (χ2v) is 8.29. The second kappa shape index (κ2) is 7.90. The van der Waals surface area contributed by atoms with Crippen LogP contribution in [0.2, 0.25) is 0 Å². The topological polar surface area (TPSA) is 79.6 Å². The van der Waals surface area contributed by atoms with Crippen molar-refractivity contribution in [3.05, 3.63) is 83.8 Å². The lowest BCUT2D eigenvalue weighted by atomic mass is 10.1. The minimum atomic E-state index is -3.73. The van der Waals surface area contributed by atoms with Gasteiger partial charge < -0.3 is 9.32 Å². The Morgan fingerprint density at radius 1 is 1.04 bits per heavy atom. The van der Waals surface area contributed by atoms with Gasteiger partial charge in [-0.05, 0) is 62.4 Å². The summed E-state index contributed by atoms with van der Waals surface area (Å²) in [4.78, 5) is 14.3. The Kier molecular flexibility index (Phi) is 5.56. The number of furan rings is 1. The number of aryl methyl sites for hydroxylation is 1. The summed E-state index contributed by atoms with van der Waals surface area (Å²) in [6.45, 7) is 3.79. The molecule has 7 heteroatoms. The molecule has 1 N–H and O–H groups in total. The number of hydrogen-bond acceptors (Lipinski definition) is 4. The molecule has 0 saturated heterocycles. The van der Waals surface area contributed by atoms with Crippen LogP contribution in [0.1, 0.15) is 34.6 Å². The zero-order valence-corrected chi connectivity index (χ0v) is 16.7. The van der Waals surface area contributed by atoms with Gasteiger partial charge >= 0.3 is 0 Å². The van der Waals surface area contributed by atoms with Crippen molar-refractivity contribution < 1.29 is 17.6 Å². The molecule has 28 heavy (non-hydrogen) atoms. The van der Waals surface area contributed by atoms with E-state index in [1.165, 1.54) is 24.3 Å². The summed E-state index contributed by atoms with van der Waals surface area (Å²) in [6.07, 6.45) is 1.56. The molecule has 0 fully saturated rings. The molecule has 1 heterocycles. The van der Waals surface area contributed by atoms with Crippen LogP contribution in [0.25, 0.3) is 0 Å². The fraction of sp³-hybridized carbons (Fsp3) is 0.190. The molecular weight excluding hydrogens is 376 g/mol. The fourth-order valence-electron chi connectivity index (χ4n) is 2.71. The Hall–Kier alpha value is -3.06. The molecule has 0 radical (unpaired) electrons. The molecule has 0 aliphatic carbocycles. The predicted octanol–water partition coefficient (Wildman–Crippen LogP) is 4.22. The maximum absolute atomic E-state index is 12.7. The van der Waals surface area contributed by atoms with E-state index < -0.39 is 10.0 Å². The number of hydrogen-bond donors (Lipinski definition) is 1. The van der Waals surface area contributed by atoms with Crippen LogP contribution in [0.4, 0.5) is 5.69 Å². The summed E-state index contributed by atoms with van der Waals surface area (Å²) >= 11 is 0. The third-order valence-electron chi connectivity index (χ3n) is 4.57. The average molecular weight is 398 g/mol. The van der Waals surface area contributed by atoms with Gasteiger partial charge in [0.25, 0.3) is 15.9 Å². The molecule has 0 saturated carbocycles. The minimum absolute atomic E-state index is 0.0892. The lowest BCUT2D eigenvalue weighted by Crippen LogP contribution is -2.29. The van der Waals surface area contributed by atoms with Crippen LogP contribution >= 0.6 is 0 Å². The van der Waals surface area contributed by atoms with E-state index in [-0.39, 0.29) is 16.8 Å². The van der Waals surface area contributed by atoms with E-state index in [0.717, 1.165) is 5.56 Å². The molecule has 3 aromatic rings. The highest BCUT2D eigenvalue weighted by Crippen LogP contribution is 2.22. The Bertz CT molecular complexity index is 1040. The van der Waals surface area contributed by atoms with Crippen LogP contribution in [-0.2, 0) is 10.0 Å². The molecule has 2 aromatic carbocycles. The van der Waals surface area contributed by atoms with Crippen molar-refractivity contribution in [1.82, 2.24) is 4.90 Å². The SMILES string of the molecule is Cc1ccc(NS(=O)(=O)c2ccc(C(=O)N(C)C(C)c3ccco3)cc2)cc1. The van der Waals surface area contributed by atoms with Crippen molar-refractivity contribution in [3.8, 4) is 0 Å². The van der Waals surface area contributed by atoms with Crippen LogP contribution < -0.4 is 4.72 Å². The lowest BCUT2D eigenvalue weighted by molar-refractivity contribution is 0.0726. The number of nitrogens with one attached hydrogen (secondary N) is 1. The first-order chi connectivity index (χ1) is 13.3. The summed E-state index contributed by atoms with van der Waals surface area (Å²) in [7, 11) is -2.05. The largest absolute Gasteiger partial charge is 0.467 e. The number of sulfonamides is 1. The quantitative estimate of drug-likeness (QED) is 0.674. The zero-order valence-electron chi connectivity index (χ0n) is 15.9. The third kappa shape index (κ3) is 4.26. The number of amides is 1. The van der Waals surface area contributed by atoms with Crippen LogP contribution in [0.5, 0.6) is 0 Å². The number of rotatable bonds is 6. The first-order valence-electron chi connectivity index (χ1n) is 8.78. The molecule has 1 atom stereocenters. The molecule has 1 unspecified atom stereocenters. The normalized spacial score (nSPS) is 12.4. The summed E-state index contributed by atoms with van der Waals surface area (Å²) < 4.78 is 33.0. The van der Waals surface area contributed by atoms with Gasteiger partial charge in [-0.3, -0.25) is 9.52 Å². The average Bonchev–Trinajstić information content (AvgIpc) is 3.23. The maximum Gasteiger partial charge on any atom is 0.261 e. The van der Waals surface area contributed by atoms with Crippen LogP contribution in [-0.4, -0.2) is 26.3 Å². The predicted molar refractivity (Wildman–Crippen MR) is 108 cm³/mol. The summed E-state index contributed by atoms with van der Waals surface area (Å²) in [5, 5.41) is 0. The van der Waals surface area contributed by atoms with E-state index in [2.05, 4.69) is 4.72 Å². The van der Waals surface area contributed by atoms with Crippen molar-refractivity contribution in [2.45, 2.75) is 24.8 Å². The van der Waals surface area contributed by atoms with Crippen molar-refractivity contribution in [2.75, 3.05) is 11.8 Å². The van der Waals surface area contributed by atoms with Gasteiger partial charge in [0.15, 0.2) is 0 Å².